The number of carbonyl (C=O) groups excluding carboxylic acids is 1. The summed E-state index contributed by atoms with van der Waals surface area (Å²) in [4.78, 5) is 10.5. The van der Waals surface area contributed by atoms with Gasteiger partial charge in [0, 0.05) is 16.1 Å². The summed E-state index contributed by atoms with van der Waals surface area (Å²) < 4.78 is 13.8. The van der Waals surface area contributed by atoms with Crippen LogP contribution >= 0.6 is 11.6 Å². The van der Waals surface area contributed by atoms with Gasteiger partial charge in [0.25, 0.3) is 0 Å². The van der Waals surface area contributed by atoms with E-state index in [2.05, 4.69) is 0 Å². The molecule has 2 rings (SSSR count). The van der Waals surface area contributed by atoms with Gasteiger partial charge in [-0.05, 0) is 30.2 Å². The molecule has 0 aromatic heterocycles. The zero-order valence-corrected chi connectivity index (χ0v) is 9.96. The van der Waals surface area contributed by atoms with E-state index < -0.39 is 5.82 Å². The molecule has 0 unspecified atom stereocenters. The Labute approximate surface area is 104 Å². The molecule has 0 aliphatic rings. The lowest BCUT2D eigenvalue weighted by Gasteiger charge is -2.06. The third-order valence-electron chi connectivity index (χ3n) is 2.61. The van der Waals surface area contributed by atoms with Crippen molar-refractivity contribution in [2.45, 2.75) is 6.92 Å². The molecule has 17 heavy (non-hydrogen) atoms. The molecule has 0 spiro atoms. The lowest BCUT2D eigenvalue weighted by atomic mass is 10.0. The zero-order chi connectivity index (χ0) is 12.4. The van der Waals surface area contributed by atoms with E-state index >= 15 is 0 Å². The van der Waals surface area contributed by atoms with Gasteiger partial charge in [-0.15, -0.1) is 0 Å². The fourth-order valence-corrected chi connectivity index (χ4v) is 1.78. The molecule has 0 aliphatic carbocycles. The first-order chi connectivity index (χ1) is 8.11. The van der Waals surface area contributed by atoms with Gasteiger partial charge in [0.1, 0.15) is 12.1 Å². The molecule has 2 aromatic carbocycles. The minimum absolute atomic E-state index is 0.324. The Kier molecular flexibility index (Phi) is 3.25. The van der Waals surface area contributed by atoms with E-state index in [1.807, 2.05) is 13.0 Å². The van der Waals surface area contributed by atoms with Crippen molar-refractivity contribution in [3.05, 3.63) is 58.4 Å². The van der Waals surface area contributed by atoms with E-state index in [-0.39, 0.29) is 0 Å². The van der Waals surface area contributed by atoms with Crippen LogP contribution in [0.15, 0.2) is 36.4 Å². The van der Waals surface area contributed by atoms with Crippen LogP contribution < -0.4 is 0 Å². The van der Waals surface area contributed by atoms with Crippen LogP contribution in [0.3, 0.4) is 0 Å². The number of carbonyl (C=O) groups is 1. The average molecular weight is 249 g/mol. The second-order valence-electron chi connectivity index (χ2n) is 3.82. The molecule has 0 saturated carbocycles. The van der Waals surface area contributed by atoms with E-state index in [4.69, 9.17) is 11.6 Å². The molecule has 0 amide bonds. The quantitative estimate of drug-likeness (QED) is 0.726. The molecule has 0 aliphatic heterocycles. The smallest absolute Gasteiger partial charge is 0.150 e. The lowest BCUT2D eigenvalue weighted by molar-refractivity contribution is 0.112. The maximum atomic E-state index is 13.8. The van der Waals surface area contributed by atoms with Crippen LogP contribution in [0.4, 0.5) is 4.39 Å². The Hall–Kier alpha value is -1.67. The summed E-state index contributed by atoms with van der Waals surface area (Å²) in [7, 11) is 0. The molecule has 0 saturated heterocycles. The molecule has 3 heteroatoms. The van der Waals surface area contributed by atoms with Crippen molar-refractivity contribution >= 4 is 17.9 Å². The molecule has 0 N–H and O–H groups in total. The van der Waals surface area contributed by atoms with E-state index in [0.29, 0.717) is 28.0 Å². The number of halogens is 2. The van der Waals surface area contributed by atoms with Crippen molar-refractivity contribution in [2.75, 3.05) is 0 Å². The van der Waals surface area contributed by atoms with Gasteiger partial charge in [0.15, 0.2) is 0 Å². The van der Waals surface area contributed by atoms with Crippen LogP contribution in [-0.4, -0.2) is 6.29 Å². The monoisotopic (exact) mass is 248 g/mol. The number of hydrogen-bond acceptors (Lipinski definition) is 1. The molecule has 1 nitrogen and oxygen atoms in total. The van der Waals surface area contributed by atoms with Gasteiger partial charge >= 0.3 is 0 Å². The minimum Gasteiger partial charge on any atom is -0.298 e. The minimum atomic E-state index is -0.422. The van der Waals surface area contributed by atoms with Crippen LogP contribution in [0.25, 0.3) is 11.1 Å². The van der Waals surface area contributed by atoms with Crippen LogP contribution in [0, 0.1) is 12.7 Å². The summed E-state index contributed by atoms with van der Waals surface area (Å²) in [6.07, 6.45) is 0.620. The number of aldehydes is 1. The Morgan fingerprint density at radius 2 is 1.94 bits per heavy atom. The molecular formula is C14H10ClFO. The first-order valence-corrected chi connectivity index (χ1v) is 5.51. The van der Waals surface area contributed by atoms with Crippen LogP contribution in [-0.2, 0) is 0 Å². The lowest BCUT2D eigenvalue weighted by Crippen LogP contribution is -1.88. The molecule has 0 fully saturated rings. The Morgan fingerprint density at radius 3 is 2.53 bits per heavy atom. The van der Waals surface area contributed by atoms with Gasteiger partial charge < -0.3 is 0 Å². The van der Waals surface area contributed by atoms with Crippen molar-refractivity contribution in [1.29, 1.82) is 0 Å². The maximum Gasteiger partial charge on any atom is 0.150 e. The van der Waals surface area contributed by atoms with Crippen molar-refractivity contribution in [3.63, 3.8) is 0 Å². The number of rotatable bonds is 2. The van der Waals surface area contributed by atoms with Crippen LogP contribution in [0.2, 0.25) is 5.02 Å². The summed E-state index contributed by atoms with van der Waals surface area (Å²) in [5.41, 5.74) is 2.41. The molecule has 0 radical (unpaired) electrons. The van der Waals surface area contributed by atoms with Gasteiger partial charge in [0.05, 0.1) is 0 Å². The molecule has 0 atom stereocenters. The Bertz CT molecular complexity index is 578. The predicted octanol–water partition coefficient (Wildman–Crippen LogP) is 4.27. The number of hydrogen-bond donors (Lipinski definition) is 0. The maximum absolute atomic E-state index is 13.8. The van der Waals surface area contributed by atoms with Crippen molar-refractivity contribution in [3.8, 4) is 11.1 Å². The van der Waals surface area contributed by atoms with Crippen LogP contribution in [0.1, 0.15) is 15.9 Å². The normalized spacial score (nSPS) is 10.3. The van der Waals surface area contributed by atoms with Gasteiger partial charge in [-0.3, -0.25) is 4.79 Å². The highest BCUT2D eigenvalue weighted by Crippen LogP contribution is 2.27. The Morgan fingerprint density at radius 1 is 1.18 bits per heavy atom. The first kappa shape index (κ1) is 11.8. The van der Waals surface area contributed by atoms with E-state index in [1.165, 1.54) is 6.07 Å². The summed E-state index contributed by atoms with van der Waals surface area (Å²) >= 11 is 6.00. The molecular weight excluding hydrogens is 239 g/mol. The Balaban J connectivity index is 2.52. The summed E-state index contributed by atoms with van der Waals surface area (Å²) in [5.74, 6) is -0.422. The van der Waals surface area contributed by atoms with Gasteiger partial charge in [-0.25, -0.2) is 4.39 Å². The average Bonchev–Trinajstić information content (AvgIpc) is 2.32. The summed E-state index contributed by atoms with van der Waals surface area (Å²) in [5, 5.41) is 0.598. The van der Waals surface area contributed by atoms with E-state index in [0.717, 1.165) is 5.56 Å². The SMILES string of the molecule is Cc1ccc(-c2ccc(C=O)cc2F)cc1Cl. The van der Waals surface area contributed by atoms with Gasteiger partial charge in [-0.1, -0.05) is 35.9 Å². The van der Waals surface area contributed by atoms with Gasteiger partial charge in [-0.2, -0.15) is 0 Å². The highest BCUT2D eigenvalue weighted by molar-refractivity contribution is 6.31. The third-order valence-corrected chi connectivity index (χ3v) is 3.02. The highest BCUT2D eigenvalue weighted by atomic mass is 35.5. The standard InChI is InChI=1S/C14H10ClFO/c1-9-2-4-11(7-13(9)15)12-5-3-10(8-17)6-14(12)16/h2-8H,1H3. The van der Waals surface area contributed by atoms with Crippen molar-refractivity contribution < 1.29 is 9.18 Å². The molecule has 0 bridgehead atoms. The second-order valence-corrected chi connectivity index (χ2v) is 4.23. The van der Waals surface area contributed by atoms with Gasteiger partial charge in [0.2, 0.25) is 0 Å². The fraction of sp³-hybridized carbons (Fsp3) is 0.0714. The number of benzene rings is 2. The topological polar surface area (TPSA) is 17.1 Å². The third kappa shape index (κ3) is 2.37. The molecule has 86 valence electrons. The second kappa shape index (κ2) is 4.68. The van der Waals surface area contributed by atoms with Crippen LogP contribution in [0.5, 0.6) is 0 Å². The largest absolute Gasteiger partial charge is 0.298 e. The predicted molar refractivity (Wildman–Crippen MR) is 67.0 cm³/mol. The highest BCUT2D eigenvalue weighted by Gasteiger charge is 2.07. The van der Waals surface area contributed by atoms with E-state index in [9.17, 15) is 9.18 Å². The van der Waals surface area contributed by atoms with E-state index in [1.54, 1.807) is 24.3 Å². The van der Waals surface area contributed by atoms with Crippen molar-refractivity contribution in [2.24, 2.45) is 0 Å². The molecule has 2 aromatic rings. The summed E-state index contributed by atoms with van der Waals surface area (Å²) in [6, 6.07) is 9.75. The van der Waals surface area contributed by atoms with Crippen molar-refractivity contribution in [1.82, 2.24) is 0 Å². The number of aryl methyl sites for hydroxylation is 1. The fourth-order valence-electron chi connectivity index (χ4n) is 1.60. The zero-order valence-electron chi connectivity index (χ0n) is 9.21. The molecule has 0 heterocycles. The first-order valence-electron chi connectivity index (χ1n) is 5.13. The summed E-state index contributed by atoms with van der Waals surface area (Å²) in [6.45, 7) is 1.89.